The van der Waals surface area contributed by atoms with Crippen molar-refractivity contribution in [2.45, 2.75) is 37.6 Å². The zero-order chi connectivity index (χ0) is 25.0. The van der Waals surface area contributed by atoms with Crippen molar-refractivity contribution in [2.24, 2.45) is 0 Å². The molecule has 0 bridgehead atoms. The molecule has 0 atom stereocenters. The highest BCUT2D eigenvalue weighted by Gasteiger charge is 2.28. The molecule has 1 saturated heterocycles. The lowest BCUT2D eigenvalue weighted by Crippen LogP contribution is -2.46. The maximum absolute atomic E-state index is 13.3. The Kier molecular flexibility index (Phi) is 7.37. The van der Waals surface area contributed by atoms with E-state index in [0.29, 0.717) is 54.6 Å². The van der Waals surface area contributed by atoms with Crippen molar-refractivity contribution in [3.8, 4) is 0 Å². The number of piperidine rings is 1. The largest absolute Gasteiger partial charge is 0.450 e. The molecule has 9 heteroatoms. The summed E-state index contributed by atoms with van der Waals surface area (Å²) in [5.41, 5.74) is 2.09. The molecule has 2 N–H and O–H groups in total. The second kappa shape index (κ2) is 10.5. The number of carbonyl (C=O) groups is 2. The Morgan fingerprint density at radius 2 is 1.69 bits per heavy atom. The quantitative estimate of drug-likeness (QED) is 0.531. The molecule has 0 radical (unpaired) electrons. The average molecular weight is 496 g/mol. The van der Waals surface area contributed by atoms with E-state index >= 15 is 0 Å². The van der Waals surface area contributed by atoms with E-state index in [1.807, 2.05) is 31.2 Å². The van der Waals surface area contributed by atoms with E-state index in [9.17, 15) is 18.0 Å². The van der Waals surface area contributed by atoms with E-state index in [1.54, 1.807) is 48.2 Å². The van der Waals surface area contributed by atoms with Crippen LogP contribution in [0.1, 0.15) is 35.7 Å². The predicted octanol–water partition coefficient (Wildman–Crippen LogP) is 4.30. The number of hydrogen-bond donors (Lipinski definition) is 2. The molecule has 1 fully saturated rings. The fourth-order valence-electron chi connectivity index (χ4n) is 4.31. The Bertz CT molecular complexity index is 1350. The van der Waals surface area contributed by atoms with Crippen molar-refractivity contribution >= 4 is 38.5 Å². The Morgan fingerprint density at radius 3 is 2.40 bits per heavy atom. The predicted molar refractivity (Wildman–Crippen MR) is 135 cm³/mol. The van der Waals surface area contributed by atoms with Crippen LogP contribution in [0.5, 0.6) is 0 Å². The monoisotopic (exact) mass is 495 g/mol. The number of nitrogens with zero attached hydrogens (tertiary/aromatic N) is 1. The number of aryl methyl sites for hydroxylation is 1. The van der Waals surface area contributed by atoms with Crippen molar-refractivity contribution < 1.29 is 22.7 Å². The van der Waals surface area contributed by atoms with Gasteiger partial charge in [-0.05, 0) is 61.9 Å². The van der Waals surface area contributed by atoms with Crippen molar-refractivity contribution in [1.29, 1.82) is 0 Å². The summed E-state index contributed by atoms with van der Waals surface area (Å²) in [7, 11) is -3.86. The molecule has 1 aliphatic heterocycles. The molecule has 3 aromatic rings. The van der Waals surface area contributed by atoms with Crippen molar-refractivity contribution in [3.05, 3.63) is 71.8 Å². The van der Waals surface area contributed by atoms with Crippen LogP contribution < -0.4 is 10.0 Å². The minimum absolute atomic E-state index is 0.119. The number of benzene rings is 3. The first-order valence-electron chi connectivity index (χ1n) is 11.6. The van der Waals surface area contributed by atoms with Gasteiger partial charge >= 0.3 is 6.09 Å². The SMILES string of the molecule is CCOC(=O)N1CCC(NS(=O)(=O)c2cccc3c(C(=O)Nc4cccc(C)c4)cccc23)CC1. The summed E-state index contributed by atoms with van der Waals surface area (Å²) in [6.45, 7) is 4.84. The lowest BCUT2D eigenvalue weighted by Gasteiger charge is -2.31. The standard InChI is InChI=1S/C26H29N3O5S/c1-3-34-26(31)29-15-13-19(14-16-29)28-35(32,33)24-12-6-9-21-22(24)10-5-11-23(21)25(30)27-20-8-4-7-18(2)17-20/h4-12,17,19,28H,3,13-16H2,1-2H3,(H,27,30). The number of sulfonamides is 1. The Morgan fingerprint density at radius 1 is 1.00 bits per heavy atom. The first-order chi connectivity index (χ1) is 16.8. The zero-order valence-corrected chi connectivity index (χ0v) is 20.6. The highest BCUT2D eigenvalue weighted by Crippen LogP contribution is 2.27. The van der Waals surface area contributed by atoms with Gasteiger partial charge in [-0.1, -0.05) is 36.4 Å². The number of ether oxygens (including phenoxy) is 1. The number of likely N-dealkylation sites (tertiary alicyclic amines) is 1. The minimum atomic E-state index is -3.86. The van der Waals surface area contributed by atoms with Gasteiger partial charge in [0.2, 0.25) is 10.0 Å². The molecule has 4 rings (SSSR count). The van der Waals surface area contributed by atoms with E-state index < -0.39 is 10.0 Å². The van der Waals surface area contributed by atoms with Crippen LogP contribution in [0.2, 0.25) is 0 Å². The maximum atomic E-state index is 13.3. The van der Waals surface area contributed by atoms with E-state index in [2.05, 4.69) is 10.0 Å². The van der Waals surface area contributed by atoms with Gasteiger partial charge in [0.1, 0.15) is 0 Å². The normalized spacial score (nSPS) is 14.6. The number of nitrogens with one attached hydrogen (secondary N) is 2. The van der Waals surface area contributed by atoms with E-state index in [4.69, 9.17) is 4.74 Å². The Labute approximate surface area is 205 Å². The smallest absolute Gasteiger partial charge is 0.409 e. The van der Waals surface area contributed by atoms with Crippen LogP contribution >= 0.6 is 0 Å². The average Bonchev–Trinajstić information content (AvgIpc) is 2.83. The highest BCUT2D eigenvalue weighted by molar-refractivity contribution is 7.89. The maximum Gasteiger partial charge on any atom is 0.409 e. The summed E-state index contributed by atoms with van der Waals surface area (Å²) in [5, 5.41) is 3.92. The van der Waals surface area contributed by atoms with Crippen molar-refractivity contribution in [1.82, 2.24) is 9.62 Å². The van der Waals surface area contributed by atoms with E-state index in [-0.39, 0.29) is 22.9 Å². The second-order valence-electron chi connectivity index (χ2n) is 8.56. The lowest BCUT2D eigenvalue weighted by atomic mass is 10.0. The van der Waals surface area contributed by atoms with Crippen molar-refractivity contribution in [2.75, 3.05) is 25.0 Å². The molecule has 1 aliphatic rings. The number of carbonyl (C=O) groups excluding carboxylic acids is 2. The van der Waals surface area contributed by atoms with Crippen LogP contribution in [0.15, 0.2) is 65.6 Å². The van der Waals surface area contributed by atoms with Gasteiger partial charge in [0.25, 0.3) is 5.91 Å². The van der Waals surface area contributed by atoms with Gasteiger partial charge in [0.15, 0.2) is 0 Å². The van der Waals surface area contributed by atoms with Crippen LogP contribution in [0, 0.1) is 6.92 Å². The molecule has 0 unspecified atom stereocenters. The van der Waals surface area contributed by atoms with Crippen molar-refractivity contribution in [3.63, 3.8) is 0 Å². The molecule has 0 aromatic heterocycles. The number of fused-ring (bicyclic) bond motifs is 1. The lowest BCUT2D eigenvalue weighted by molar-refractivity contribution is 0.0964. The Balaban J connectivity index is 1.55. The molecule has 0 spiro atoms. The fourth-order valence-corrected chi connectivity index (χ4v) is 5.84. The van der Waals surface area contributed by atoms with Gasteiger partial charge in [0, 0.05) is 35.8 Å². The van der Waals surface area contributed by atoms with Crippen LogP contribution in [0.25, 0.3) is 10.8 Å². The number of hydrogen-bond acceptors (Lipinski definition) is 5. The van der Waals surface area contributed by atoms with E-state index in [1.165, 1.54) is 0 Å². The fraction of sp³-hybridized carbons (Fsp3) is 0.308. The first kappa shape index (κ1) is 24.7. The van der Waals surface area contributed by atoms with Gasteiger partial charge in [0.05, 0.1) is 11.5 Å². The molecule has 1 heterocycles. The summed E-state index contributed by atoms with van der Waals surface area (Å²) in [5.74, 6) is -0.310. The number of anilines is 1. The van der Waals surface area contributed by atoms with E-state index in [0.717, 1.165) is 5.56 Å². The third-order valence-corrected chi connectivity index (χ3v) is 7.61. The van der Waals surface area contributed by atoms with Crippen LogP contribution in [0.3, 0.4) is 0 Å². The first-order valence-corrected chi connectivity index (χ1v) is 13.1. The summed E-state index contributed by atoms with van der Waals surface area (Å²) in [4.78, 5) is 26.6. The Hall–Kier alpha value is -3.43. The molecular formula is C26H29N3O5S. The molecule has 0 aliphatic carbocycles. The summed E-state index contributed by atoms with van der Waals surface area (Å²) < 4.78 is 34.5. The molecule has 35 heavy (non-hydrogen) atoms. The second-order valence-corrected chi connectivity index (χ2v) is 10.2. The number of rotatable bonds is 6. The third kappa shape index (κ3) is 5.63. The minimum Gasteiger partial charge on any atom is -0.450 e. The molecule has 8 nitrogen and oxygen atoms in total. The molecule has 3 aromatic carbocycles. The third-order valence-electron chi connectivity index (χ3n) is 6.03. The van der Waals surface area contributed by atoms with Gasteiger partial charge in [-0.3, -0.25) is 4.79 Å². The van der Waals surface area contributed by atoms with Crippen LogP contribution in [0.4, 0.5) is 10.5 Å². The topological polar surface area (TPSA) is 105 Å². The van der Waals surface area contributed by atoms with Crippen LogP contribution in [-0.2, 0) is 14.8 Å². The van der Waals surface area contributed by atoms with Crippen LogP contribution in [-0.4, -0.2) is 51.1 Å². The molecular weight excluding hydrogens is 466 g/mol. The van der Waals surface area contributed by atoms with Gasteiger partial charge < -0.3 is 15.0 Å². The van der Waals surface area contributed by atoms with Gasteiger partial charge in [-0.15, -0.1) is 0 Å². The van der Waals surface area contributed by atoms with Gasteiger partial charge in [-0.25, -0.2) is 17.9 Å². The molecule has 0 saturated carbocycles. The molecule has 184 valence electrons. The number of amides is 2. The summed E-state index contributed by atoms with van der Waals surface area (Å²) in [6, 6.07) is 17.2. The summed E-state index contributed by atoms with van der Waals surface area (Å²) >= 11 is 0. The summed E-state index contributed by atoms with van der Waals surface area (Å²) in [6.07, 6.45) is 0.610. The van der Waals surface area contributed by atoms with Gasteiger partial charge in [-0.2, -0.15) is 0 Å². The molecule has 2 amide bonds. The highest BCUT2D eigenvalue weighted by atomic mass is 32.2. The zero-order valence-electron chi connectivity index (χ0n) is 19.8.